The normalized spacial score (nSPS) is 13.1. The second-order valence-electron chi connectivity index (χ2n) is 16.3. The maximum Gasteiger partial charge on any atom is 0.306 e. The van der Waals surface area contributed by atoms with E-state index in [-0.39, 0.29) is 50.4 Å². The summed E-state index contributed by atoms with van der Waals surface area (Å²) < 4.78 is 16.7. The van der Waals surface area contributed by atoms with E-state index < -0.39 is 6.10 Å². The van der Waals surface area contributed by atoms with Crippen LogP contribution in [0.3, 0.4) is 0 Å². The van der Waals surface area contributed by atoms with Gasteiger partial charge in [0.25, 0.3) is 0 Å². The van der Waals surface area contributed by atoms with Crippen molar-refractivity contribution < 1.29 is 28.6 Å². The fourth-order valence-electron chi connectivity index (χ4n) is 6.43. The minimum atomic E-state index is -0.833. The average Bonchev–Trinajstić information content (AvgIpc) is 3.29. The molecular formula is C58H92O6. The number of allylic oxidation sites excluding steroid dienone is 20. The van der Waals surface area contributed by atoms with Crippen LogP contribution in [-0.2, 0) is 28.6 Å². The largest absolute Gasteiger partial charge is 0.462 e. The molecule has 0 aromatic rings. The molecule has 0 saturated carbocycles. The Balaban J connectivity index is 4.58. The zero-order valence-electron chi connectivity index (χ0n) is 41.0. The smallest absolute Gasteiger partial charge is 0.306 e. The van der Waals surface area contributed by atoms with E-state index in [1.807, 2.05) is 6.08 Å². The maximum atomic E-state index is 12.8. The number of ether oxygens (including phenoxy) is 3. The van der Waals surface area contributed by atoms with Crippen LogP contribution < -0.4 is 0 Å². The Labute approximate surface area is 392 Å². The summed E-state index contributed by atoms with van der Waals surface area (Å²) in [4.78, 5) is 37.9. The van der Waals surface area contributed by atoms with Gasteiger partial charge in [-0.1, -0.05) is 200 Å². The van der Waals surface area contributed by atoms with Gasteiger partial charge in [-0.05, 0) is 109 Å². The lowest BCUT2D eigenvalue weighted by Gasteiger charge is -2.18. The number of carbonyl (C=O) groups excluding carboxylic acids is 3. The van der Waals surface area contributed by atoms with Crippen LogP contribution in [0, 0.1) is 0 Å². The highest BCUT2D eigenvalue weighted by Crippen LogP contribution is 2.12. The molecule has 1 unspecified atom stereocenters. The van der Waals surface area contributed by atoms with E-state index in [1.54, 1.807) is 0 Å². The van der Waals surface area contributed by atoms with Crippen molar-refractivity contribution in [3.8, 4) is 0 Å². The van der Waals surface area contributed by atoms with Gasteiger partial charge >= 0.3 is 17.9 Å². The molecule has 1 atom stereocenters. The molecule has 0 aromatic heterocycles. The molecule has 6 heteroatoms. The maximum absolute atomic E-state index is 12.8. The first kappa shape index (κ1) is 59.8. The molecule has 0 aliphatic carbocycles. The molecule has 0 saturated heterocycles. The molecule has 0 amide bonds. The third-order valence-electron chi connectivity index (χ3n) is 10.2. The molecule has 0 spiro atoms. The first-order chi connectivity index (χ1) is 31.5. The minimum absolute atomic E-state index is 0.133. The molecule has 0 heterocycles. The monoisotopic (exact) mass is 885 g/mol. The Morgan fingerprint density at radius 1 is 0.328 bits per heavy atom. The van der Waals surface area contributed by atoms with Gasteiger partial charge in [0.05, 0.1) is 0 Å². The SMILES string of the molecule is CC/C=C\C/C=C\C/C=C\C/C=C\C/C=C\CCCC(=O)OCC(COC(=O)CC/C=C\C/C=C\CCCCCCCC)OC(=O)CCCCCCCC/C=C\C/C=C\C/C=C\CC. The fraction of sp³-hybridized carbons (Fsp3) is 0.603. The molecule has 0 rings (SSSR count). The Morgan fingerprint density at radius 2 is 0.656 bits per heavy atom. The van der Waals surface area contributed by atoms with E-state index in [2.05, 4.69) is 136 Å². The number of carbonyl (C=O) groups is 3. The van der Waals surface area contributed by atoms with Crippen LogP contribution in [0.5, 0.6) is 0 Å². The highest BCUT2D eigenvalue weighted by molar-refractivity contribution is 5.71. The van der Waals surface area contributed by atoms with Crippen LogP contribution in [0.15, 0.2) is 122 Å². The number of hydrogen-bond donors (Lipinski definition) is 0. The van der Waals surface area contributed by atoms with Gasteiger partial charge in [0.15, 0.2) is 6.10 Å². The Morgan fingerprint density at radius 3 is 1.09 bits per heavy atom. The van der Waals surface area contributed by atoms with E-state index in [4.69, 9.17) is 14.2 Å². The summed E-state index contributed by atoms with van der Waals surface area (Å²) in [5.74, 6) is -1.08. The average molecular weight is 885 g/mol. The first-order valence-corrected chi connectivity index (χ1v) is 25.5. The molecule has 64 heavy (non-hydrogen) atoms. The highest BCUT2D eigenvalue weighted by Gasteiger charge is 2.19. The third kappa shape index (κ3) is 48.8. The van der Waals surface area contributed by atoms with Crippen molar-refractivity contribution in [2.24, 2.45) is 0 Å². The molecule has 0 bridgehead atoms. The van der Waals surface area contributed by atoms with Crippen LogP contribution in [0.25, 0.3) is 0 Å². The summed E-state index contributed by atoms with van der Waals surface area (Å²) in [6, 6.07) is 0. The van der Waals surface area contributed by atoms with Crippen LogP contribution in [0.2, 0.25) is 0 Å². The summed E-state index contributed by atoms with van der Waals surface area (Å²) in [7, 11) is 0. The summed E-state index contributed by atoms with van der Waals surface area (Å²) in [6.07, 6.45) is 70.6. The molecule has 0 aliphatic heterocycles. The van der Waals surface area contributed by atoms with Gasteiger partial charge in [0.2, 0.25) is 0 Å². The van der Waals surface area contributed by atoms with Crippen molar-refractivity contribution >= 4 is 17.9 Å². The zero-order valence-corrected chi connectivity index (χ0v) is 41.0. The molecular weight excluding hydrogens is 793 g/mol. The molecule has 0 aromatic carbocycles. The summed E-state index contributed by atoms with van der Waals surface area (Å²) in [5, 5.41) is 0. The van der Waals surface area contributed by atoms with Crippen molar-refractivity contribution in [1.29, 1.82) is 0 Å². The summed E-state index contributed by atoms with van der Waals surface area (Å²) in [6.45, 7) is 6.27. The van der Waals surface area contributed by atoms with E-state index in [0.717, 1.165) is 103 Å². The molecule has 0 N–H and O–H groups in total. The zero-order chi connectivity index (χ0) is 46.5. The van der Waals surface area contributed by atoms with Crippen LogP contribution in [-0.4, -0.2) is 37.2 Å². The van der Waals surface area contributed by atoms with Crippen molar-refractivity contribution in [3.63, 3.8) is 0 Å². The molecule has 360 valence electrons. The van der Waals surface area contributed by atoms with Crippen molar-refractivity contribution in [3.05, 3.63) is 122 Å². The van der Waals surface area contributed by atoms with Gasteiger partial charge in [-0.2, -0.15) is 0 Å². The lowest BCUT2D eigenvalue weighted by Crippen LogP contribution is -2.30. The first-order valence-electron chi connectivity index (χ1n) is 25.5. The Hall–Kier alpha value is -4.19. The van der Waals surface area contributed by atoms with Gasteiger partial charge in [0, 0.05) is 19.3 Å². The van der Waals surface area contributed by atoms with Crippen LogP contribution in [0.4, 0.5) is 0 Å². The van der Waals surface area contributed by atoms with Crippen LogP contribution >= 0.6 is 0 Å². The number of esters is 3. The highest BCUT2D eigenvalue weighted by atomic mass is 16.6. The van der Waals surface area contributed by atoms with Crippen molar-refractivity contribution in [2.45, 2.75) is 213 Å². The Bertz CT molecular complexity index is 1390. The van der Waals surface area contributed by atoms with Gasteiger partial charge in [-0.3, -0.25) is 14.4 Å². The molecule has 0 fully saturated rings. The van der Waals surface area contributed by atoms with Crippen molar-refractivity contribution in [1.82, 2.24) is 0 Å². The minimum Gasteiger partial charge on any atom is -0.462 e. The van der Waals surface area contributed by atoms with E-state index in [0.29, 0.717) is 12.8 Å². The fourth-order valence-corrected chi connectivity index (χ4v) is 6.43. The quantitative estimate of drug-likeness (QED) is 0.0262. The molecule has 0 aliphatic rings. The summed E-state index contributed by atoms with van der Waals surface area (Å²) in [5.41, 5.74) is 0. The summed E-state index contributed by atoms with van der Waals surface area (Å²) >= 11 is 0. The third-order valence-corrected chi connectivity index (χ3v) is 10.2. The van der Waals surface area contributed by atoms with Gasteiger partial charge in [0.1, 0.15) is 13.2 Å². The van der Waals surface area contributed by atoms with Gasteiger partial charge in [-0.15, -0.1) is 0 Å². The number of unbranched alkanes of at least 4 members (excludes halogenated alkanes) is 13. The second-order valence-corrected chi connectivity index (χ2v) is 16.3. The molecule has 0 radical (unpaired) electrons. The van der Waals surface area contributed by atoms with E-state index in [1.165, 1.54) is 51.4 Å². The Kier molecular flexibility index (Phi) is 48.1. The lowest BCUT2D eigenvalue weighted by atomic mass is 10.1. The number of hydrogen-bond acceptors (Lipinski definition) is 6. The molecule has 6 nitrogen and oxygen atoms in total. The van der Waals surface area contributed by atoms with Gasteiger partial charge in [-0.25, -0.2) is 0 Å². The van der Waals surface area contributed by atoms with Crippen LogP contribution in [0.1, 0.15) is 207 Å². The topological polar surface area (TPSA) is 78.9 Å². The standard InChI is InChI=1S/C58H92O6/c1-4-7-10-13-16-19-22-25-27-29-31-33-36-39-42-45-48-51-57(60)63-54-55(53-62-56(59)50-47-44-41-38-35-32-24-21-18-15-12-9-6-3)64-58(61)52-49-46-43-40-37-34-30-28-26-23-20-17-14-11-8-5-2/h7-8,10-11,16-17,19-20,25-28,31-33,35,39,41-42,44,55H,4-6,9,12-15,18,21-24,29-30,34,36-38,40,43,45-54H2,1-3H3/b10-7-,11-8-,19-16-,20-17-,27-25-,28-26-,33-31-,35-32-,42-39-,44-41-. The second kappa shape index (κ2) is 51.4. The van der Waals surface area contributed by atoms with E-state index in [9.17, 15) is 14.4 Å². The predicted octanol–water partition coefficient (Wildman–Crippen LogP) is 16.9. The van der Waals surface area contributed by atoms with E-state index >= 15 is 0 Å². The number of rotatable bonds is 44. The lowest BCUT2D eigenvalue weighted by molar-refractivity contribution is -0.166. The predicted molar refractivity (Wildman–Crippen MR) is 274 cm³/mol. The van der Waals surface area contributed by atoms with Crippen molar-refractivity contribution in [2.75, 3.05) is 13.2 Å². The van der Waals surface area contributed by atoms with Gasteiger partial charge < -0.3 is 14.2 Å².